The molecule has 0 aliphatic rings. The van der Waals surface area contributed by atoms with Crippen molar-refractivity contribution in [3.63, 3.8) is 0 Å². The molecule has 28 heavy (non-hydrogen) atoms. The van der Waals surface area contributed by atoms with Gasteiger partial charge >= 0.3 is 0 Å². The number of hydrogen-bond acceptors (Lipinski definition) is 4. The highest BCUT2D eigenvalue weighted by molar-refractivity contribution is 6.31. The summed E-state index contributed by atoms with van der Waals surface area (Å²) in [5, 5.41) is 15.3. The van der Waals surface area contributed by atoms with E-state index < -0.39 is 0 Å². The van der Waals surface area contributed by atoms with Crippen LogP contribution >= 0.6 is 36.4 Å². The van der Waals surface area contributed by atoms with Crippen LogP contribution in [0.15, 0.2) is 48.7 Å². The zero-order valence-electron chi connectivity index (χ0n) is 15.8. The van der Waals surface area contributed by atoms with Gasteiger partial charge in [-0.05, 0) is 55.6 Å². The van der Waals surface area contributed by atoms with E-state index in [0.717, 1.165) is 47.5 Å². The number of fused-ring (bicyclic) bond motifs is 1. The second kappa shape index (κ2) is 11.9. The molecule has 0 radical (unpaired) electrons. The number of anilines is 2. The first-order valence-corrected chi connectivity index (χ1v) is 8.84. The maximum atomic E-state index is 10.2. The van der Waals surface area contributed by atoms with Crippen molar-refractivity contribution in [3.8, 4) is 5.75 Å². The molecule has 0 spiro atoms. The molecule has 0 aliphatic heterocycles. The van der Waals surface area contributed by atoms with Crippen LogP contribution in [-0.2, 0) is 6.54 Å². The molecule has 0 aliphatic carbocycles. The summed E-state index contributed by atoms with van der Waals surface area (Å²) in [6, 6.07) is 13.2. The van der Waals surface area contributed by atoms with Crippen LogP contribution in [0.4, 0.5) is 11.4 Å². The SMILES string of the molecule is CCN(CC)Cc1cc(Nc2ccnc3cc(Cl)ccc23)ccc1O.Cl.Cl.O. The lowest BCUT2D eigenvalue weighted by Crippen LogP contribution is -2.22. The fourth-order valence-electron chi connectivity index (χ4n) is 2.86. The molecule has 4 N–H and O–H groups in total. The monoisotopic (exact) mass is 445 g/mol. The number of rotatable bonds is 6. The minimum Gasteiger partial charge on any atom is -0.508 e. The van der Waals surface area contributed by atoms with Crippen LogP contribution in [-0.4, -0.2) is 33.6 Å². The van der Waals surface area contributed by atoms with Gasteiger partial charge in [0.05, 0.1) is 5.52 Å². The number of halogens is 3. The van der Waals surface area contributed by atoms with Gasteiger partial charge in [0.15, 0.2) is 0 Å². The fourth-order valence-corrected chi connectivity index (χ4v) is 3.03. The summed E-state index contributed by atoms with van der Waals surface area (Å²) in [6.45, 7) is 6.86. The first-order chi connectivity index (χ1) is 12.1. The quantitative estimate of drug-likeness (QED) is 0.510. The lowest BCUT2D eigenvalue weighted by atomic mass is 10.1. The van der Waals surface area contributed by atoms with E-state index in [1.54, 1.807) is 12.3 Å². The van der Waals surface area contributed by atoms with Gasteiger partial charge in [-0.15, -0.1) is 24.8 Å². The van der Waals surface area contributed by atoms with Crippen molar-refractivity contribution in [1.29, 1.82) is 0 Å². The maximum absolute atomic E-state index is 10.2. The van der Waals surface area contributed by atoms with E-state index in [0.29, 0.717) is 10.8 Å². The van der Waals surface area contributed by atoms with Gasteiger partial charge in [0.2, 0.25) is 0 Å². The van der Waals surface area contributed by atoms with Gasteiger partial charge in [0.1, 0.15) is 5.75 Å². The van der Waals surface area contributed by atoms with Crippen molar-refractivity contribution in [3.05, 3.63) is 59.2 Å². The number of nitrogens with one attached hydrogen (secondary N) is 1. The second-order valence-electron chi connectivity index (χ2n) is 5.95. The molecular weight excluding hydrogens is 421 g/mol. The van der Waals surface area contributed by atoms with Crippen LogP contribution in [0.2, 0.25) is 5.02 Å². The van der Waals surface area contributed by atoms with Crippen LogP contribution in [0.1, 0.15) is 19.4 Å². The van der Waals surface area contributed by atoms with E-state index in [9.17, 15) is 5.11 Å². The van der Waals surface area contributed by atoms with Gasteiger partial charge in [-0.1, -0.05) is 25.4 Å². The van der Waals surface area contributed by atoms with Crippen molar-refractivity contribution in [2.75, 3.05) is 18.4 Å². The molecule has 0 amide bonds. The number of benzene rings is 2. The van der Waals surface area contributed by atoms with Gasteiger partial charge in [-0.3, -0.25) is 9.88 Å². The normalized spacial score (nSPS) is 10.0. The zero-order chi connectivity index (χ0) is 17.8. The van der Waals surface area contributed by atoms with Gasteiger partial charge < -0.3 is 15.9 Å². The van der Waals surface area contributed by atoms with Crippen LogP contribution in [0.3, 0.4) is 0 Å². The number of aromatic hydroxyl groups is 1. The first-order valence-electron chi connectivity index (χ1n) is 8.46. The largest absolute Gasteiger partial charge is 0.508 e. The number of pyridine rings is 1. The number of nitrogens with zero attached hydrogens (tertiary/aromatic N) is 2. The Morgan fingerprint density at radius 3 is 2.43 bits per heavy atom. The average molecular weight is 447 g/mol. The average Bonchev–Trinajstić information content (AvgIpc) is 2.62. The van der Waals surface area contributed by atoms with Crippen LogP contribution in [0.25, 0.3) is 10.9 Å². The Morgan fingerprint density at radius 1 is 1.04 bits per heavy atom. The topological polar surface area (TPSA) is 79.9 Å². The van der Waals surface area contributed by atoms with E-state index in [2.05, 4.69) is 29.0 Å². The highest BCUT2D eigenvalue weighted by Gasteiger charge is 2.09. The molecule has 0 unspecified atom stereocenters. The summed E-state index contributed by atoms with van der Waals surface area (Å²) in [6.07, 6.45) is 1.76. The van der Waals surface area contributed by atoms with Crippen molar-refractivity contribution in [2.45, 2.75) is 20.4 Å². The van der Waals surface area contributed by atoms with Gasteiger partial charge in [0.25, 0.3) is 0 Å². The number of aromatic nitrogens is 1. The molecule has 2 aromatic carbocycles. The van der Waals surface area contributed by atoms with Crippen LogP contribution < -0.4 is 5.32 Å². The van der Waals surface area contributed by atoms with E-state index in [-0.39, 0.29) is 30.3 Å². The zero-order valence-corrected chi connectivity index (χ0v) is 18.2. The minimum absolute atomic E-state index is 0. The molecule has 0 fully saturated rings. The highest BCUT2D eigenvalue weighted by Crippen LogP contribution is 2.29. The van der Waals surface area contributed by atoms with E-state index in [4.69, 9.17) is 11.6 Å². The lowest BCUT2D eigenvalue weighted by molar-refractivity contribution is 0.291. The molecule has 1 aromatic heterocycles. The Balaban J connectivity index is 0.00000243. The molecule has 0 bridgehead atoms. The third-order valence-electron chi connectivity index (χ3n) is 4.35. The third kappa shape index (κ3) is 6.12. The smallest absolute Gasteiger partial charge is 0.120 e. The summed E-state index contributed by atoms with van der Waals surface area (Å²) in [7, 11) is 0. The molecule has 1 heterocycles. The van der Waals surface area contributed by atoms with Crippen LogP contribution in [0.5, 0.6) is 5.75 Å². The first kappa shape index (κ1) is 26.2. The van der Waals surface area contributed by atoms with Crippen molar-refractivity contribution < 1.29 is 10.6 Å². The Morgan fingerprint density at radius 2 is 1.75 bits per heavy atom. The van der Waals surface area contributed by atoms with Gasteiger partial charge in [-0.2, -0.15) is 0 Å². The molecule has 5 nitrogen and oxygen atoms in total. The molecule has 0 saturated carbocycles. The molecule has 3 aromatic rings. The van der Waals surface area contributed by atoms with Gasteiger partial charge in [0, 0.05) is 40.1 Å². The van der Waals surface area contributed by atoms with Crippen molar-refractivity contribution >= 4 is 58.7 Å². The summed E-state index contributed by atoms with van der Waals surface area (Å²) in [5.74, 6) is 0.323. The van der Waals surface area contributed by atoms with Crippen molar-refractivity contribution in [1.82, 2.24) is 9.88 Å². The Hall–Kier alpha value is -1.76. The second-order valence-corrected chi connectivity index (χ2v) is 6.39. The Bertz CT molecular complexity index is 890. The van der Waals surface area contributed by atoms with Gasteiger partial charge in [-0.25, -0.2) is 0 Å². The minimum atomic E-state index is 0. The van der Waals surface area contributed by atoms with Crippen molar-refractivity contribution in [2.24, 2.45) is 0 Å². The standard InChI is InChI=1S/C20H22ClN3O.2ClH.H2O/c1-3-24(4-2)13-14-11-16(6-8-20(14)25)23-18-9-10-22-19-12-15(21)5-7-17(18)19;;;/h5-12,25H,3-4,13H2,1-2H3,(H,22,23);2*1H;1H2. The number of phenols is 1. The predicted molar refractivity (Wildman–Crippen MR) is 123 cm³/mol. The molecule has 3 rings (SSSR count). The summed E-state index contributed by atoms with van der Waals surface area (Å²) >= 11 is 6.05. The lowest BCUT2D eigenvalue weighted by Gasteiger charge is -2.19. The van der Waals surface area contributed by atoms with E-state index >= 15 is 0 Å². The third-order valence-corrected chi connectivity index (χ3v) is 4.59. The maximum Gasteiger partial charge on any atom is 0.120 e. The molecular formula is C20H26Cl3N3O2. The van der Waals surface area contributed by atoms with Crippen LogP contribution in [0, 0.1) is 0 Å². The van der Waals surface area contributed by atoms with E-state index in [1.165, 1.54) is 0 Å². The van der Waals surface area contributed by atoms with E-state index in [1.807, 2.05) is 36.4 Å². The molecule has 0 saturated heterocycles. The Labute approximate surface area is 182 Å². The fraction of sp³-hybridized carbons (Fsp3) is 0.250. The predicted octanol–water partition coefficient (Wildman–Crippen LogP) is 5.20. The number of phenolic OH excluding ortho intramolecular Hbond substituents is 1. The summed E-state index contributed by atoms with van der Waals surface area (Å²) in [4.78, 5) is 6.63. The molecule has 154 valence electrons. The molecule has 0 atom stereocenters. The summed E-state index contributed by atoms with van der Waals surface area (Å²) in [5.41, 5.74) is 3.65. The number of hydrogen-bond donors (Lipinski definition) is 2. The Kier molecular flexibility index (Phi) is 11.2. The molecule has 8 heteroatoms. The highest BCUT2D eigenvalue weighted by atomic mass is 35.5. The summed E-state index contributed by atoms with van der Waals surface area (Å²) < 4.78 is 0.